The molecule has 0 bridgehead atoms. The lowest BCUT2D eigenvalue weighted by Crippen LogP contribution is -2.12. The highest BCUT2D eigenvalue weighted by molar-refractivity contribution is 7.14. The number of nitrogens with one attached hydrogen (secondary N) is 1. The topological polar surface area (TPSA) is 12.0 Å². The van der Waals surface area contributed by atoms with E-state index in [1.807, 2.05) is 24.4 Å². The molecule has 1 aromatic carbocycles. The fraction of sp³-hybridized carbons (Fsp3) is 0.231. The van der Waals surface area contributed by atoms with Crippen molar-refractivity contribution in [3.05, 3.63) is 46.0 Å². The first kappa shape index (κ1) is 12.6. The molecule has 0 unspecified atom stereocenters. The molecule has 0 aliphatic rings. The van der Waals surface area contributed by atoms with Crippen LogP contribution in [0.4, 0.5) is 4.39 Å². The molecule has 0 spiro atoms. The van der Waals surface area contributed by atoms with Gasteiger partial charge >= 0.3 is 0 Å². The molecule has 2 aromatic rings. The van der Waals surface area contributed by atoms with Crippen molar-refractivity contribution in [2.24, 2.45) is 0 Å². The van der Waals surface area contributed by atoms with Gasteiger partial charge in [-0.05, 0) is 35.7 Å². The first-order valence-corrected chi connectivity index (χ1v) is 6.70. The largest absolute Gasteiger partial charge is 0.313 e. The van der Waals surface area contributed by atoms with Crippen molar-refractivity contribution < 1.29 is 4.39 Å². The zero-order chi connectivity index (χ0) is 12.3. The molecule has 1 aromatic heterocycles. The lowest BCUT2D eigenvalue weighted by atomic mass is 10.1. The second-order valence-corrected chi connectivity index (χ2v) is 5.00. The molecular formula is C13H13ClFNS. The van der Waals surface area contributed by atoms with Crippen LogP contribution in [0.25, 0.3) is 10.4 Å². The van der Waals surface area contributed by atoms with Crippen molar-refractivity contribution in [2.45, 2.75) is 13.5 Å². The van der Waals surface area contributed by atoms with Gasteiger partial charge < -0.3 is 5.32 Å². The Balaban J connectivity index is 2.43. The molecule has 0 amide bonds. The van der Waals surface area contributed by atoms with E-state index in [2.05, 4.69) is 5.32 Å². The van der Waals surface area contributed by atoms with Crippen molar-refractivity contribution >= 4 is 22.9 Å². The molecule has 4 heteroatoms. The molecule has 0 saturated heterocycles. The minimum Gasteiger partial charge on any atom is -0.313 e. The highest BCUT2D eigenvalue weighted by Gasteiger charge is 2.11. The third-order valence-corrected chi connectivity index (χ3v) is 3.87. The summed E-state index contributed by atoms with van der Waals surface area (Å²) in [4.78, 5) is 0.930. The third-order valence-electron chi connectivity index (χ3n) is 2.50. The highest BCUT2D eigenvalue weighted by Crippen LogP contribution is 2.35. The van der Waals surface area contributed by atoms with E-state index < -0.39 is 0 Å². The van der Waals surface area contributed by atoms with E-state index in [4.69, 9.17) is 11.6 Å². The summed E-state index contributed by atoms with van der Waals surface area (Å²) in [6.07, 6.45) is 0. The Morgan fingerprint density at radius 1 is 1.35 bits per heavy atom. The van der Waals surface area contributed by atoms with Gasteiger partial charge in [-0.2, -0.15) is 0 Å². The molecule has 1 N–H and O–H groups in total. The van der Waals surface area contributed by atoms with Crippen LogP contribution < -0.4 is 5.32 Å². The first-order valence-electron chi connectivity index (χ1n) is 5.45. The van der Waals surface area contributed by atoms with Crippen molar-refractivity contribution in [3.8, 4) is 10.4 Å². The number of hydrogen-bond donors (Lipinski definition) is 1. The summed E-state index contributed by atoms with van der Waals surface area (Å²) in [5.74, 6) is -0.232. The number of benzene rings is 1. The molecule has 1 heterocycles. The monoisotopic (exact) mass is 269 g/mol. The van der Waals surface area contributed by atoms with Crippen LogP contribution >= 0.6 is 22.9 Å². The summed E-state index contributed by atoms with van der Waals surface area (Å²) < 4.78 is 13.3. The van der Waals surface area contributed by atoms with Crippen LogP contribution in [0.1, 0.15) is 12.5 Å². The Morgan fingerprint density at radius 2 is 2.18 bits per heavy atom. The van der Waals surface area contributed by atoms with Gasteiger partial charge in [0.1, 0.15) is 5.82 Å². The van der Waals surface area contributed by atoms with Gasteiger partial charge in [-0.1, -0.05) is 24.6 Å². The predicted octanol–water partition coefficient (Wildman–Crippen LogP) is 4.32. The number of thiophene rings is 1. The molecule has 17 heavy (non-hydrogen) atoms. The molecule has 2 rings (SSSR count). The van der Waals surface area contributed by atoms with Crippen LogP contribution in [0.5, 0.6) is 0 Å². The molecular weight excluding hydrogens is 257 g/mol. The lowest BCUT2D eigenvalue weighted by molar-refractivity contribution is 0.626. The smallest absolute Gasteiger partial charge is 0.123 e. The molecule has 0 radical (unpaired) electrons. The van der Waals surface area contributed by atoms with E-state index in [-0.39, 0.29) is 5.82 Å². The van der Waals surface area contributed by atoms with Crippen LogP contribution in [0, 0.1) is 5.82 Å². The van der Waals surface area contributed by atoms with Crippen molar-refractivity contribution in [1.29, 1.82) is 0 Å². The van der Waals surface area contributed by atoms with E-state index in [1.165, 1.54) is 17.4 Å². The van der Waals surface area contributed by atoms with Gasteiger partial charge in [0.05, 0.1) is 9.90 Å². The molecule has 0 fully saturated rings. The fourth-order valence-electron chi connectivity index (χ4n) is 1.66. The van der Waals surface area contributed by atoms with E-state index in [1.54, 1.807) is 6.07 Å². The van der Waals surface area contributed by atoms with Crippen LogP contribution in [0.2, 0.25) is 5.02 Å². The third kappa shape index (κ3) is 2.86. The van der Waals surface area contributed by atoms with E-state index in [9.17, 15) is 4.39 Å². The minimum atomic E-state index is -0.232. The van der Waals surface area contributed by atoms with Crippen molar-refractivity contribution in [3.63, 3.8) is 0 Å². The van der Waals surface area contributed by atoms with E-state index in [0.29, 0.717) is 5.02 Å². The zero-order valence-corrected chi connectivity index (χ0v) is 11.0. The second kappa shape index (κ2) is 5.63. The van der Waals surface area contributed by atoms with Gasteiger partial charge in [0.2, 0.25) is 0 Å². The van der Waals surface area contributed by atoms with Crippen LogP contribution in [0.3, 0.4) is 0 Å². The maximum Gasteiger partial charge on any atom is 0.123 e. The molecule has 1 nitrogen and oxygen atoms in total. The normalized spacial score (nSPS) is 10.8. The van der Waals surface area contributed by atoms with Gasteiger partial charge in [-0.25, -0.2) is 4.39 Å². The van der Waals surface area contributed by atoms with Crippen molar-refractivity contribution in [1.82, 2.24) is 5.32 Å². The summed E-state index contributed by atoms with van der Waals surface area (Å²) in [7, 11) is 0. The standard InChI is InChI=1S/C13H13ClFNS/c1-2-16-8-9-3-4-10(15)7-11(9)13-12(14)5-6-17-13/h3-7,16H,2,8H2,1H3. The molecule has 90 valence electrons. The Kier molecular flexibility index (Phi) is 4.15. The Bertz CT molecular complexity index is 510. The molecule has 0 aliphatic heterocycles. The lowest BCUT2D eigenvalue weighted by Gasteiger charge is -2.09. The number of rotatable bonds is 4. The van der Waals surface area contributed by atoms with Gasteiger partial charge in [-0.3, -0.25) is 0 Å². The molecule has 0 aliphatic carbocycles. The van der Waals surface area contributed by atoms with Gasteiger partial charge in [0.15, 0.2) is 0 Å². The van der Waals surface area contributed by atoms with Crippen molar-refractivity contribution in [2.75, 3.05) is 6.54 Å². The summed E-state index contributed by atoms with van der Waals surface area (Å²) in [6, 6.07) is 6.68. The Hall–Kier alpha value is -0.900. The number of hydrogen-bond acceptors (Lipinski definition) is 2. The zero-order valence-electron chi connectivity index (χ0n) is 9.47. The van der Waals surface area contributed by atoms with Crippen LogP contribution in [-0.2, 0) is 6.54 Å². The molecule has 0 saturated carbocycles. The Morgan fingerprint density at radius 3 is 2.82 bits per heavy atom. The summed E-state index contributed by atoms with van der Waals surface area (Å²) in [5, 5.41) is 5.84. The molecule has 0 atom stereocenters. The van der Waals surface area contributed by atoms with Crippen LogP contribution in [0.15, 0.2) is 29.6 Å². The van der Waals surface area contributed by atoms with E-state index >= 15 is 0 Å². The van der Waals surface area contributed by atoms with Crippen LogP contribution in [-0.4, -0.2) is 6.54 Å². The van der Waals surface area contributed by atoms with Gasteiger partial charge in [0, 0.05) is 12.1 Å². The summed E-state index contributed by atoms with van der Waals surface area (Å²) >= 11 is 7.63. The fourth-order valence-corrected chi connectivity index (χ4v) is 2.87. The van der Waals surface area contributed by atoms with E-state index in [0.717, 1.165) is 29.1 Å². The van der Waals surface area contributed by atoms with Gasteiger partial charge in [0.25, 0.3) is 0 Å². The quantitative estimate of drug-likeness (QED) is 0.872. The predicted molar refractivity (Wildman–Crippen MR) is 72.1 cm³/mol. The maximum atomic E-state index is 13.3. The van der Waals surface area contributed by atoms with Gasteiger partial charge in [-0.15, -0.1) is 11.3 Å². The number of halogens is 2. The second-order valence-electron chi connectivity index (χ2n) is 3.68. The Labute approximate surface area is 109 Å². The average molecular weight is 270 g/mol. The SMILES string of the molecule is CCNCc1ccc(F)cc1-c1sccc1Cl. The minimum absolute atomic E-state index is 0.232. The summed E-state index contributed by atoms with van der Waals surface area (Å²) in [6.45, 7) is 3.65. The maximum absolute atomic E-state index is 13.3. The highest BCUT2D eigenvalue weighted by atomic mass is 35.5. The average Bonchev–Trinajstić information content (AvgIpc) is 2.74. The first-order chi connectivity index (χ1) is 8.22. The summed E-state index contributed by atoms with van der Waals surface area (Å²) in [5.41, 5.74) is 1.95.